The first kappa shape index (κ1) is 15.6. The van der Waals surface area contributed by atoms with Gasteiger partial charge in [0, 0.05) is 7.05 Å². The van der Waals surface area contributed by atoms with E-state index in [4.69, 9.17) is 9.47 Å². The molecule has 0 N–H and O–H groups in total. The predicted molar refractivity (Wildman–Crippen MR) is 65.9 cm³/mol. The number of hydrogen-bond acceptors (Lipinski definition) is 7. The van der Waals surface area contributed by atoms with Gasteiger partial charge >= 0.3 is 17.6 Å². The second-order valence-electron chi connectivity index (χ2n) is 3.77. The summed E-state index contributed by atoms with van der Waals surface area (Å²) in [6, 6.07) is 0. The van der Waals surface area contributed by atoms with Crippen LogP contribution >= 0.6 is 0 Å². The van der Waals surface area contributed by atoms with Gasteiger partial charge in [-0.25, -0.2) is 0 Å². The molecule has 1 aromatic heterocycles. The zero-order valence-corrected chi connectivity index (χ0v) is 11.4. The molecule has 1 heterocycles. The number of carbonyl (C=O) groups is 2. The SMILES string of the molecule is CCOC(=O)C(C(=O)OCC)c1nn(C)cc1[N+](=O)[O-]. The number of aromatic nitrogens is 2. The summed E-state index contributed by atoms with van der Waals surface area (Å²) < 4.78 is 10.7. The van der Waals surface area contributed by atoms with E-state index in [-0.39, 0.29) is 18.9 Å². The summed E-state index contributed by atoms with van der Waals surface area (Å²) in [4.78, 5) is 33.9. The number of aryl methyl sites for hydroxylation is 1. The molecule has 0 spiro atoms. The molecule has 0 aliphatic carbocycles. The van der Waals surface area contributed by atoms with E-state index in [1.165, 1.54) is 7.05 Å². The van der Waals surface area contributed by atoms with Crippen LogP contribution in [0.2, 0.25) is 0 Å². The second kappa shape index (κ2) is 6.64. The molecule has 0 amide bonds. The van der Waals surface area contributed by atoms with Crippen molar-refractivity contribution in [2.75, 3.05) is 13.2 Å². The lowest BCUT2D eigenvalue weighted by molar-refractivity contribution is -0.385. The molecule has 0 saturated carbocycles. The van der Waals surface area contributed by atoms with Crippen molar-refractivity contribution in [2.45, 2.75) is 19.8 Å². The van der Waals surface area contributed by atoms with Gasteiger partial charge < -0.3 is 9.47 Å². The number of rotatable bonds is 6. The van der Waals surface area contributed by atoms with Gasteiger partial charge in [-0.15, -0.1) is 0 Å². The van der Waals surface area contributed by atoms with E-state index in [9.17, 15) is 19.7 Å². The maximum atomic E-state index is 11.8. The van der Waals surface area contributed by atoms with Gasteiger partial charge in [0.05, 0.1) is 18.1 Å². The average Bonchev–Trinajstić information content (AvgIpc) is 2.72. The van der Waals surface area contributed by atoms with Crippen molar-refractivity contribution in [1.29, 1.82) is 0 Å². The van der Waals surface area contributed by atoms with Crippen molar-refractivity contribution in [2.24, 2.45) is 7.05 Å². The molecular weight excluding hydrogens is 270 g/mol. The first-order chi connectivity index (χ1) is 9.42. The number of hydrogen-bond donors (Lipinski definition) is 0. The van der Waals surface area contributed by atoms with E-state index in [0.717, 1.165) is 10.9 Å². The van der Waals surface area contributed by atoms with Crippen molar-refractivity contribution >= 4 is 17.6 Å². The minimum Gasteiger partial charge on any atom is -0.465 e. The molecule has 1 aromatic rings. The highest BCUT2D eigenvalue weighted by Gasteiger charge is 2.39. The molecule has 20 heavy (non-hydrogen) atoms. The van der Waals surface area contributed by atoms with Crippen LogP contribution in [0, 0.1) is 10.1 Å². The van der Waals surface area contributed by atoms with Crippen LogP contribution in [0.3, 0.4) is 0 Å². The number of ether oxygens (including phenoxy) is 2. The topological polar surface area (TPSA) is 114 Å². The molecular formula is C11H15N3O6. The third-order valence-electron chi connectivity index (χ3n) is 2.35. The number of esters is 2. The van der Waals surface area contributed by atoms with Gasteiger partial charge in [-0.1, -0.05) is 0 Å². The Hall–Kier alpha value is -2.45. The summed E-state index contributed by atoms with van der Waals surface area (Å²) >= 11 is 0. The van der Waals surface area contributed by atoms with E-state index in [2.05, 4.69) is 5.10 Å². The predicted octanol–water partition coefficient (Wildman–Crippen LogP) is 0.538. The fourth-order valence-electron chi connectivity index (χ4n) is 1.61. The van der Waals surface area contributed by atoms with Crippen LogP contribution < -0.4 is 0 Å². The standard InChI is InChI=1S/C11H15N3O6/c1-4-19-10(15)8(11(16)20-5-2)9-7(14(17)18)6-13(3)12-9/h6,8H,4-5H2,1-3H3. The zero-order valence-electron chi connectivity index (χ0n) is 11.4. The van der Waals surface area contributed by atoms with Crippen molar-refractivity contribution in [3.63, 3.8) is 0 Å². The van der Waals surface area contributed by atoms with Crippen LogP contribution in [0.15, 0.2) is 6.20 Å². The van der Waals surface area contributed by atoms with E-state index >= 15 is 0 Å². The second-order valence-corrected chi connectivity index (χ2v) is 3.77. The van der Waals surface area contributed by atoms with E-state index < -0.39 is 28.5 Å². The quantitative estimate of drug-likeness (QED) is 0.324. The summed E-state index contributed by atoms with van der Waals surface area (Å²) in [5.41, 5.74) is -0.715. The third-order valence-corrected chi connectivity index (χ3v) is 2.35. The molecule has 0 aliphatic heterocycles. The van der Waals surface area contributed by atoms with Crippen LogP contribution in [0.4, 0.5) is 5.69 Å². The highest BCUT2D eigenvalue weighted by Crippen LogP contribution is 2.27. The first-order valence-corrected chi connectivity index (χ1v) is 5.93. The lowest BCUT2D eigenvalue weighted by atomic mass is 10.1. The number of nitrogens with zero attached hydrogens (tertiary/aromatic N) is 3. The molecule has 0 bridgehead atoms. The number of carbonyl (C=O) groups excluding carboxylic acids is 2. The van der Waals surface area contributed by atoms with Crippen LogP contribution in [-0.4, -0.2) is 39.9 Å². The molecule has 0 aromatic carbocycles. The fraction of sp³-hybridized carbons (Fsp3) is 0.545. The minimum atomic E-state index is -1.56. The molecule has 0 atom stereocenters. The highest BCUT2D eigenvalue weighted by atomic mass is 16.6. The van der Waals surface area contributed by atoms with Gasteiger partial charge in [0.15, 0.2) is 5.69 Å². The van der Waals surface area contributed by atoms with E-state index in [1.54, 1.807) is 13.8 Å². The Morgan fingerprint density at radius 2 is 1.85 bits per heavy atom. The van der Waals surface area contributed by atoms with Gasteiger partial charge in [-0.3, -0.25) is 24.4 Å². The Morgan fingerprint density at radius 3 is 2.25 bits per heavy atom. The summed E-state index contributed by atoms with van der Waals surface area (Å²) in [5.74, 6) is -3.41. The monoisotopic (exact) mass is 285 g/mol. The van der Waals surface area contributed by atoms with Crippen LogP contribution in [0.5, 0.6) is 0 Å². The van der Waals surface area contributed by atoms with Gasteiger partial charge in [0.25, 0.3) is 0 Å². The minimum absolute atomic E-state index is 0.0371. The maximum absolute atomic E-state index is 11.8. The van der Waals surface area contributed by atoms with Crippen LogP contribution in [0.1, 0.15) is 25.5 Å². The average molecular weight is 285 g/mol. The molecule has 0 aliphatic rings. The molecule has 1 rings (SSSR count). The molecule has 0 unspecified atom stereocenters. The molecule has 0 fully saturated rings. The lowest BCUT2D eigenvalue weighted by Gasteiger charge is -2.11. The normalized spacial score (nSPS) is 10.4. The Balaban J connectivity index is 3.26. The van der Waals surface area contributed by atoms with E-state index in [0.29, 0.717) is 0 Å². The molecule has 110 valence electrons. The van der Waals surface area contributed by atoms with Gasteiger partial charge in [0.1, 0.15) is 6.20 Å². The molecule has 0 saturated heterocycles. The maximum Gasteiger partial charge on any atom is 0.326 e. The molecule has 9 nitrogen and oxygen atoms in total. The summed E-state index contributed by atoms with van der Waals surface area (Å²) in [6.45, 7) is 3.20. The van der Waals surface area contributed by atoms with Crippen molar-refractivity contribution in [1.82, 2.24) is 9.78 Å². The fourth-order valence-corrected chi connectivity index (χ4v) is 1.61. The molecule has 9 heteroatoms. The smallest absolute Gasteiger partial charge is 0.326 e. The summed E-state index contributed by atoms with van der Waals surface area (Å²) in [5, 5.41) is 14.8. The highest BCUT2D eigenvalue weighted by molar-refractivity contribution is 6.01. The van der Waals surface area contributed by atoms with Crippen molar-refractivity contribution in [3.05, 3.63) is 22.0 Å². The Morgan fingerprint density at radius 1 is 1.35 bits per heavy atom. The Labute approximate surface area is 114 Å². The number of nitro groups is 1. The lowest BCUT2D eigenvalue weighted by Crippen LogP contribution is -2.27. The van der Waals surface area contributed by atoms with Gasteiger partial charge in [0.2, 0.25) is 5.92 Å². The van der Waals surface area contributed by atoms with Gasteiger partial charge in [-0.05, 0) is 13.8 Å². The van der Waals surface area contributed by atoms with E-state index in [1.807, 2.05) is 0 Å². The summed E-state index contributed by atoms with van der Waals surface area (Å²) in [6.07, 6.45) is 1.11. The van der Waals surface area contributed by atoms with Crippen molar-refractivity contribution < 1.29 is 24.0 Å². The molecule has 0 radical (unpaired) electrons. The van der Waals surface area contributed by atoms with Crippen LogP contribution in [-0.2, 0) is 26.1 Å². The van der Waals surface area contributed by atoms with Crippen LogP contribution in [0.25, 0.3) is 0 Å². The first-order valence-electron chi connectivity index (χ1n) is 5.93. The summed E-state index contributed by atoms with van der Waals surface area (Å²) in [7, 11) is 1.45. The Bertz CT molecular complexity index is 506. The largest absolute Gasteiger partial charge is 0.465 e. The van der Waals surface area contributed by atoms with Gasteiger partial charge in [-0.2, -0.15) is 5.10 Å². The Kier molecular flexibility index (Phi) is 5.18. The van der Waals surface area contributed by atoms with Crippen molar-refractivity contribution in [3.8, 4) is 0 Å². The zero-order chi connectivity index (χ0) is 15.3. The third kappa shape index (κ3) is 3.31.